The Morgan fingerprint density at radius 2 is 2.00 bits per heavy atom. The van der Waals surface area contributed by atoms with Crippen LogP contribution in [0, 0.1) is 0 Å². The number of ketones is 1. The van der Waals surface area contributed by atoms with Crippen molar-refractivity contribution in [1.29, 1.82) is 0 Å². The van der Waals surface area contributed by atoms with Gasteiger partial charge in [0.15, 0.2) is 4.34 Å². The van der Waals surface area contributed by atoms with Crippen LogP contribution in [0.25, 0.3) is 0 Å². The van der Waals surface area contributed by atoms with Crippen molar-refractivity contribution in [2.75, 3.05) is 12.0 Å². The highest BCUT2D eigenvalue weighted by Gasteiger charge is 2.09. The van der Waals surface area contributed by atoms with E-state index in [1.165, 1.54) is 42.0 Å². The molecule has 2 aromatic rings. The second-order valence-electron chi connectivity index (χ2n) is 4.29. The van der Waals surface area contributed by atoms with Crippen molar-refractivity contribution < 1.29 is 14.3 Å². The number of aromatic nitrogens is 2. The molecule has 0 aliphatic heterocycles. The van der Waals surface area contributed by atoms with Gasteiger partial charge in [0.05, 0.1) is 5.75 Å². The second kappa shape index (κ2) is 8.30. The van der Waals surface area contributed by atoms with E-state index in [9.17, 15) is 9.59 Å². The topological polar surface area (TPSA) is 69.2 Å². The maximum Gasteiger partial charge on any atom is 0.308 e. The third-order valence-corrected chi connectivity index (χ3v) is 5.07. The van der Waals surface area contributed by atoms with Crippen molar-refractivity contribution in [1.82, 2.24) is 9.36 Å². The summed E-state index contributed by atoms with van der Waals surface area (Å²) in [5.74, 6) is 0.610. The van der Waals surface area contributed by atoms with E-state index in [0.29, 0.717) is 17.9 Å². The molecule has 22 heavy (non-hydrogen) atoms. The molecule has 0 spiro atoms. The molecular formula is C14H14N2O3S3. The molecule has 0 bridgehead atoms. The normalized spacial score (nSPS) is 10.5. The third-order valence-electron chi connectivity index (χ3n) is 2.51. The molecule has 0 aliphatic rings. The Labute approximate surface area is 141 Å². The van der Waals surface area contributed by atoms with E-state index in [-0.39, 0.29) is 11.8 Å². The van der Waals surface area contributed by atoms with E-state index < -0.39 is 0 Å². The van der Waals surface area contributed by atoms with E-state index in [4.69, 9.17) is 4.74 Å². The molecule has 0 fully saturated rings. The van der Waals surface area contributed by atoms with Crippen LogP contribution in [0.5, 0.6) is 5.75 Å². The van der Waals surface area contributed by atoms with Crippen LogP contribution in [0.2, 0.25) is 0 Å². The molecule has 116 valence electrons. The second-order valence-corrected chi connectivity index (χ2v) is 7.04. The van der Waals surface area contributed by atoms with E-state index in [1.807, 2.05) is 6.26 Å². The SMILES string of the molecule is CSc1nsc(SCC(=O)Cc2ccc(OC(C)=O)cc2)n1. The Morgan fingerprint density at radius 1 is 1.27 bits per heavy atom. The predicted molar refractivity (Wildman–Crippen MR) is 88.9 cm³/mol. The first-order valence-electron chi connectivity index (χ1n) is 6.36. The maximum absolute atomic E-state index is 12.0. The fraction of sp³-hybridized carbons (Fsp3) is 0.286. The molecule has 8 heteroatoms. The molecule has 0 saturated heterocycles. The molecule has 0 N–H and O–H groups in total. The van der Waals surface area contributed by atoms with Crippen molar-refractivity contribution in [3.63, 3.8) is 0 Å². The number of nitrogens with zero attached hydrogens (tertiary/aromatic N) is 2. The van der Waals surface area contributed by atoms with Gasteiger partial charge in [-0.25, -0.2) is 4.98 Å². The van der Waals surface area contributed by atoms with E-state index in [0.717, 1.165) is 15.1 Å². The number of carbonyl (C=O) groups is 2. The number of carbonyl (C=O) groups excluding carboxylic acids is 2. The third kappa shape index (κ3) is 5.43. The van der Waals surface area contributed by atoms with Crippen LogP contribution in [0.3, 0.4) is 0 Å². The Bertz CT molecular complexity index is 656. The standard InChI is InChI=1S/C14H14N2O3S3/c1-9(17)19-12-5-3-10(4-6-12)7-11(18)8-21-14-15-13(20-2)16-22-14/h3-6H,7-8H2,1-2H3. The lowest BCUT2D eigenvalue weighted by Gasteiger charge is -2.03. The predicted octanol–water partition coefficient (Wildman–Crippen LogP) is 3.09. The van der Waals surface area contributed by atoms with Gasteiger partial charge in [0, 0.05) is 13.3 Å². The molecule has 1 heterocycles. The molecule has 1 aromatic heterocycles. The number of benzene rings is 1. The summed E-state index contributed by atoms with van der Waals surface area (Å²) in [7, 11) is 0. The minimum Gasteiger partial charge on any atom is -0.427 e. The molecule has 2 rings (SSSR count). The van der Waals surface area contributed by atoms with Crippen LogP contribution in [-0.2, 0) is 16.0 Å². The minimum atomic E-state index is -0.359. The lowest BCUT2D eigenvalue weighted by molar-refractivity contribution is -0.131. The van der Waals surface area contributed by atoms with Gasteiger partial charge in [0.2, 0.25) is 5.16 Å². The molecule has 0 radical (unpaired) electrons. The van der Waals surface area contributed by atoms with Crippen molar-refractivity contribution in [3.05, 3.63) is 29.8 Å². The fourth-order valence-corrected chi connectivity index (χ4v) is 3.67. The molecule has 0 saturated carbocycles. The fourth-order valence-electron chi connectivity index (χ4n) is 1.60. The lowest BCUT2D eigenvalue weighted by Crippen LogP contribution is -2.06. The molecule has 0 atom stereocenters. The number of esters is 1. The highest BCUT2D eigenvalue weighted by Crippen LogP contribution is 2.23. The highest BCUT2D eigenvalue weighted by atomic mass is 32.2. The van der Waals surface area contributed by atoms with Crippen molar-refractivity contribution in [2.24, 2.45) is 0 Å². The number of ether oxygens (including phenoxy) is 1. The highest BCUT2D eigenvalue weighted by molar-refractivity contribution is 8.01. The van der Waals surface area contributed by atoms with Gasteiger partial charge in [-0.3, -0.25) is 9.59 Å². The number of Topliss-reactive ketones (excluding diaryl/α,β-unsaturated/α-hetero) is 1. The summed E-state index contributed by atoms with van der Waals surface area (Å²) in [4.78, 5) is 27.1. The van der Waals surface area contributed by atoms with E-state index >= 15 is 0 Å². The largest absolute Gasteiger partial charge is 0.427 e. The number of hydrogen-bond donors (Lipinski definition) is 0. The van der Waals surface area contributed by atoms with Gasteiger partial charge in [0.25, 0.3) is 0 Å². The van der Waals surface area contributed by atoms with Crippen LogP contribution in [0.1, 0.15) is 12.5 Å². The first kappa shape index (κ1) is 17.0. The maximum atomic E-state index is 12.0. The first-order chi connectivity index (χ1) is 10.6. The summed E-state index contributed by atoms with van der Waals surface area (Å²) in [5, 5.41) is 0.737. The zero-order valence-corrected chi connectivity index (χ0v) is 14.5. The molecule has 0 aliphatic carbocycles. The summed E-state index contributed by atoms with van der Waals surface area (Å²) >= 11 is 4.20. The average Bonchev–Trinajstić information content (AvgIpc) is 2.95. The van der Waals surface area contributed by atoms with Gasteiger partial charge in [-0.15, -0.1) is 0 Å². The van der Waals surface area contributed by atoms with Crippen molar-refractivity contribution in [3.8, 4) is 5.75 Å². The van der Waals surface area contributed by atoms with Gasteiger partial charge in [-0.05, 0) is 35.5 Å². The van der Waals surface area contributed by atoms with Crippen LogP contribution < -0.4 is 4.74 Å². The summed E-state index contributed by atoms with van der Waals surface area (Å²) in [6, 6.07) is 6.95. The number of thioether (sulfide) groups is 2. The van der Waals surface area contributed by atoms with Gasteiger partial charge in [-0.2, -0.15) is 4.37 Å². The van der Waals surface area contributed by atoms with Gasteiger partial charge in [-0.1, -0.05) is 35.7 Å². The van der Waals surface area contributed by atoms with E-state index in [1.54, 1.807) is 24.3 Å². The smallest absolute Gasteiger partial charge is 0.308 e. The molecule has 1 aromatic carbocycles. The monoisotopic (exact) mass is 354 g/mol. The van der Waals surface area contributed by atoms with Gasteiger partial charge < -0.3 is 4.74 Å². The van der Waals surface area contributed by atoms with Crippen LogP contribution >= 0.6 is 35.1 Å². The van der Waals surface area contributed by atoms with Crippen LogP contribution in [0.15, 0.2) is 33.8 Å². The van der Waals surface area contributed by atoms with Crippen molar-refractivity contribution in [2.45, 2.75) is 22.8 Å². The summed E-state index contributed by atoms with van der Waals surface area (Å²) in [6.45, 7) is 1.35. The Kier molecular flexibility index (Phi) is 6.41. The Morgan fingerprint density at radius 3 is 2.59 bits per heavy atom. The molecule has 0 unspecified atom stereocenters. The Hall–Kier alpha value is -1.38. The molecule has 0 amide bonds. The number of rotatable bonds is 7. The first-order valence-corrected chi connectivity index (χ1v) is 9.34. The zero-order chi connectivity index (χ0) is 15.9. The lowest BCUT2D eigenvalue weighted by atomic mass is 10.1. The zero-order valence-electron chi connectivity index (χ0n) is 12.1. The van der Waals surface area contributed by atoms with Gasteiger partial charge >= 0.3 is 5.97 Å². The molecule has 5 nitrogen and oxygen atoms in total. The number of hydrogen-bond acceptors (Lipinski definition) is 8. The van der Waals surface area contributed by atoms with Crippen LogP contribution in [-0.4, -0.2) is 33.1 Å². The minimum absolute atomic E-state index is 0.117. The van der Waals surface area contributed by atoms with Crippen molar-refractivity contribution >= 4 is 46.8 Å². The van der Waals surface area contributed by atoms with Crippen LogP contribution in [0.4, 0.5) is 0 Å². The summed E-state index contributed by atoms with van der Waals surface area (Å²) in [6.07, 6.45) is 2.27. The van der Waals surface area contributed by atoms with E-state index in [2.05, 4.69) is 9.36 Å². The molecular weight excluding hydrogens is 340 g/mol. The van der Waals surface area contributed by atoms with Gasteiger partial charge in [0.1, 0.15) is 11.5 Å². The quantitative estimate of drug-likeness (QED) is 0.430. The summed E-state index contributed by atoms with van der Waals surface area (Å²) in [5.41, 5.74) is 0.892. The Balaban J connectivity index is 1.82. The average molecular weight is 354 g/mol. The summed E-state index contributed by atoms with van der Waals surface area (Å²) < 4.78 is 9.91.